The van der Waals surface area contributed by atoms with Gasteiger partial charge in [0.1, 0.15) is 5.69 Å². The van der Waals surface area contributed by atoms with Crippen LogP contribution < -0.4 is 4.90 Å². The van der Waals surface area contributed by atoms with E-state index < -0.39 is 17.8 Å². The summed E-state index contributed by atoms with van der Waals surface area (Å²) < 4.78 is 38.9. The van der Waals surface area contributed by atoms with Crippen LogP contribution in [0.25, 0.3) is 0 Å². The van der Waals surface area contributed by atoms with Gasteiger partial charge in [0, 0.05) is 25.9 Å². The SMILES string of the molecule is CCN(C(=O)c1cc(C(F)(F)F)n(C)n1)c1cccnc1. The second-order valence-corrected chi connectivity index (χ2v) is 4.30. The number of carbonyl (C=O) groups is 1. The molecule has 0 aliphatic carbocycles. The number of carbonyl (C=O) groups excluding carboxylic acids is 1. The minimum atomic E-state index is -4.55. The first-order valence-electron chi connectivity index (χ1n) is 6.17. The van der Waals surface area contributed by atoms with Gasteiger partial charge in [-0.15, -0.1) is 0 Å². The van der Waals surface area contributed by atoms with Gasteiger partial charge in [0.15, 0.2) is 5.69 Å². The van der Waals surface area contributed by atoms with Crippen molar-refractivity contribution in [1.82, 2.24) is 14.8 Å². The Morgan fingerprint density at radius 3 is 2.62 bits per heavy atom. The molecule has 1 amide bonds. The molecule has 2 aromatic heterocycles. The lowest BCUT2D eigenvalue weighted by Crippen LogP contribution is -2.31. The van der Waals surface area contributed by atoms with E-state index in [0.29, 0.717) is 16.9 Å². The van der Waals surface area contributed by atoms with Gasteiger partial charge in [0.2, 0.25) is 0 Å². The van der Waals surface area contributed by atoms with E-state index in [9.17, 15) is 18.0 Å². The van der Waals surface area contributed by atoms with Crippen molar-refractivity contribution in [3.05, 3.63) is 42.0 Å². The van der Waals surface area contributed by atoms with Crippen LogP contribution in [0.1, 0.15) is 23.1 Å². The Kier molecular flexibility index (Phi) is 3.97. The van der Waals surface area contributed by atoms with E-state index in [2.05, 4.69) is 10.1 Å². The van der Waals surface area contributed by atoms with E-state index in [1.807, 2.05) is 0 Å². The van der Waals surface area contributed by atoms with Gasteiger partial charge in [0.25, 0.3) is 5.91 Å². The molecule has 0 aliphatic rings. The van der Waals surface area contributed by atoms with Gasteiger partial charge in [-0.2, -0.15) is 18.3 Å². The van der Waals surface area contributed by atoms with Crippen LogP contribution >= 0.6 is 0 Å². The molecule has 21 heavy (non-hydrogen) atoms. The molecule has 5 nitrogen and oxygen atoms in total. The van der Waals surface area contributed by atoms with E-state index in [-0.39, 0.29) is 5.69 Å². The summed E-state index contributed by atoms with van der Waals surface area (Å²) in [5.41, 5.74) is -0.715. The van der Waals surface area contributed by atoms with E-state index in [1.54, 1.807) is 25.3 Å². The summed E-state index contributed by atoms with van der Waals surface area (Å²) >= 11 is 0. The smallest absolute Gasteiger partial charge is 0.306 e. The summed E-state index contributed by atoms with van der Waals surface area (Å²) in [6.45, 7) is 2.01. The van der Waals surface area contributed by atoms with Crippen molar-refractivity contribution in [2.24, 2.45) is 7.05 Å². The Bertz CT molecular complexity index is 637. The molecule has 112 valence electrons. The molecule has 0 spiro atoms. The quantitative estimate of drug-likeness (QED) is 0.875. The number of hydrogen-bond donors (Lipinski definition) is 0. The zero-order valence-electron chi connectivity index (χ0n) is 11.4. The number of aromatic nitrogens is 3. The largest absolute Gasteiger partial charge is 0.433 e. The molecule has 0 N–H and O–H groups in total. The Hall–Kier alpha value is -2.38. The predicted molar refractivity (Wildman–Crippen MR) is 69.8 cm³/mol. The number of nitrogens with zero attached hydrogens (tertiary/aromatic N) is 4. The molecule has 0 saturated heterocycles. The van der Waals surface area contributed by atoms with E-state index in [4.69, 9.17) is 0 Å². The molecule has 0 unspecified atom stereocenters. The van der Waals surface area contributed by atoms with E-state index in [1.165, 1.54) is 11.1 Å². The van der Waals surface area contributed by atoms with Crippen LogP contribution in [-0.4, -0.2) is 27.2 Å². The average Bonchev–Trinajstić information content (AvgIpc) is 2.83. The number of rotatable bonds is 3. The van der Waals surface area contributed by atoms with E-state index in [0.717, 1.165) is 13.1 Å². The summed E-state index contributed by atoms with van der Waals surface area (Å²) in [5, 5.41) is 3.66. The molecule has 2 rings (SSSR count). The molecule has 0 atom stereocenters. The molecule has 8 heteroatoms. The minimum Gasteiger partial charge on any atom is -0.306 e. The number of halogens is 3. The average molecular weight is 298 g/mol. The lowest BCUT2D eigenvalue weighted by molar-refractivity contribution is -0.143. The molecule has 0 radical (unpaired) electrons. The fraction of sp³-hybridized carbons (Fsp3) is 0.308. The second-order valence-electron chi connectivity index (χ2n) is 4.30. The number of hydrogen-bond acceptors (Lipinski definition) is 3. The normalized spacial score (nSPS) is 11.5. The number of aryl methyl sites for hydroxylation is 1. The summed E-state index contributed by atoms with van der Waals surface area (Å²) in [4.78, 5) is 17.5. The fourth-order valence-electron chi connectivity index (χ4n) is 1.93. The molecule has 2 aromatic rings. The Balaban J connectivity index is 2.35. The van der Waals surface area contributed by atoms with Crippen LogP contribution in [0.3, 0.4) is 0 Å². The standard InChI is InChI=1S/C13H13F3N4O/c1-3-20(9-5-4-6-17-8-9)12(21)10-7-11(13(14,15)16)19(2)18-10/h4-8H,3H2,1-2H3. The van der Waals surface area contributed by atoms with Gasteiger partial charge < -0.3 is 4.90 Å². The molecule has 0 aromatic carbocycles. The fourth-order valence-corrected chi connectivity index (χ4v) is 1.93. The lowest BCUT2D eigenvalue weighted by Gasteiger charge is -2.19. The van der Waals surface area contributed by atoms with Gasteiger partial charge in [-0.3, -0.25) is 14.5 Å². The zero-order valence-corrected chi connectivity index (χ0v) is 11.4. The van der Waals surface area contributed by atoms with Crippen molar-refractivity contribution < 1.29 is 18.0 Å². The molecule has 0 aliphatic heterocycles. The minimum absolute atomic E-state index is 0.254. The number of amides is 1. The van der Waals surface area contributed by atoms with Crippen LogP contribution in [0.15, 0.2) is 30.6 Å². The third-order valence-electron chi connectivity index (χ3n) is 2.91. The lowest BCUT2D eigenvalue weighted by atomic mass is 10.3. The van der Waals surface area contributed by atoms with Crippen LogP contribution in [0, 0.1) is 0 Å². The van der Waals surface area contributed by atoms with Gasteiger partial charge in [0.05, 0.1) is 11.9 Å². The van der Waals surface area contributed by atoms with Crippen molar-refractivity contribution in [3.8, 4) is 0 Å². The summed E-state index contributed by atoms with van der Waals surface area (Å²) in [6, 6.07) is 4.05. The highest BCUT2D eigenvalue weighted by atomic mass is 19.4. The highest BCUT2D eigenvalue weighted by molar-refractivity contribution is 6.04. The van der Waals surface area contributed by atoms with Crippen molar-refractivity contribution in [1.29, 1.82) is 0 Å². The first kappa shape index (κ1) is 15.0. The number of alkyl halides is 3. The highest BCUT2D eigenvalue weighted by Crippen LogP contribution is 2.29. The van der Waals surface area contributed by atoms with E-state index >= 15 is 0 Å². The molecule has 0 saturated carbocycles. The van der Waals surface area contributed by atoms with Gasteiger partial charge in [-0.05, 0) is 19.1 Å². The van der Waals surface area contributed by atoms with Crippen molar-refractivity contribution in [2.45, 2.75) is 13.1 Å². The van der Waals surface area contributed by atoms with Crippen molar-refractivity contribution in [2.75, 3.05) is 11.4 Å². The first-order chi connectivity index (χ1) is 9.84. The summed E-state index contributed by atoms with van der Waals surface area (Å²) in [5.74, 6) is -0.600. The van der Waals surface area contributed by atoms with Crippen LogP contribution in [0.4, 0.5) is 18.9 Å². The monoisotopic (exact) mass is 298 g/mol. The third kappa shape index (κ3) is 3.04. The molecular weight excluding hydrogens is 285 g/mol. The van der Waals surface area contributed by atoms with Crippen molar-refractivity contribution >= 4 is 11.6 Å². The third-order valence-corrected chi connectivity index (χ3v) is 2.91. The highest BCUT2D eigenvalue weighted by Gasteiger charge is 2.36. The molecule has 0 bridgehead atoms. The van der Waals surface area contributed by atoms with Crippen LogP contribution in [0.2, 0.25) is 0 Å². The Morgan fingerprint density at radius 1 is 1.43 bits per heavy atom. The Morgan fingerprint density at radius 2 is 2.14 bits per heavy atom. The number of anilines is 1. The maximum absolute atomic E-state index is 12.7. The van der Waals surface area contributed by atoms with Gasteiger partial charge >= 0.3 is 6.18 Å². The Labute approximate surface area is 119 Å². The topological polar surface area (TPSA) is 51.0 Å². The summed E-state index contributed by atoms with van der Waals surface area (Å²) in [6.07, 6.45) is -1.54. The van der Waals surface area contributed by atoms with Crippen LogP contribution in [0.5, 0.6) is 0 Å². The van der Waals surface area contributed by atoms with Gasteiger partial charge in [-0.1, -0.05) is 0 Å². The van der Waals surface area contributed by atoms with Gasteiger partial charge in [-0.25, -0.2) is 0 Å². The van der Waals surface area contributed by atoms with Crippen LogP contribution in [-0.2, 0) is 13.2 Å². The maximum atomic E-state index is 12.7. The van der Waals surface area contributed by atoms with Crippen molar-refractivity contribution in [3.63, 3.8) is 0 Å². The summed E-state index contributed by atoms with van der Waals surface area (Å²) in [7, 11) is 1.15. The molecular formula is C13H13F3N4O. The second kappa shape index (κ2) is 5.55. The predicted octanol–water partition coefficient (Wildman–Crippen LogP) is 2.50. The molecule has 0 fully saturated rings. The first-order valence-corrected chi connectivity index (χ1v) is 6.17. The molecule has 2 heterocycles. The zero-order chi connectivity index (χ0) is 15.6. The number of pyridine rings is 1. The maximum Gasteiger partial charge on any atom is 0.433 e.